The van der Waals surface area contributed by atoms with Crippen molar-refractivity contribution < 1.29 is 31.1 Å². The normalized spacial score (nSPS) is 23.1. The second-order valence-electron chi connectivity index (χ2n) is 9.38. The molecule has 1 saturated carbocycles. The van der Waals surface area contributed by atoms with Crippen LogP contribution in [-0.2, 0) is 14.6 Å². The topological polar surface area (TPSA) is 89.7 Å². The number of rotatable bonds is 7. The van der Waals surface area contributed by atoms with Crippen LogP contribution in [0.1, 0.15) is 31.2 Å². The van der Waals surface area contributed by atoms with Gasteiger partial charge in [-0.25, -0.2) is 8.42 Å². The summed E-state index contributed by atoms with van der Waals surface area (Å²) in [7, 11) is -3.59. The Balaban J connectivity index is 1.52. The molecule has 0 radical (unpaired) electrons. The third-order valence-corrected chi connectivity index (χ3v) is 9.48. The van der Waals surface area contributed by atoms with Crippen LogP contribution in [-0.4, -0.2) is 56.2 Å². The predicted octanol–water partition coefficient (Wildman–Crippen LogP) is 4.89. The molecule has 0 aromatic heterocycles. The Morgan fingerprint density at radius 1 is 1.14 bits per heavy atom. The van der Waals surface area contributed by atoms with Gasteiger partial charge in [0.25, 0.3) is 0 Å². The van der Waals surface area contributed by atoms with E-state index in [4.69, 9.17) is 5.73 Å². The fourth-order valence-electron chi connectivity index (χ4n) is 5.14. The molecule has 0 saturated heterocycles. The molecule has 4 rings (SSSR count). The lowest BCUT2D eigenvalue weighted by Crippen LogP contribution is -2.51. The maximum Gasteiger partial charge on any atom is 0.573 e. The van der Waals surface area contributed by atoms with Crippen LogP contribution in [0.15, 0.2) is 64.4 Å². The summed E-state index contributed by atoms with van der Waals surface area (Å²) in [5, 5.41) is 0. The lowest BCUT2D eigenvalue weighted by atomic mass is 9.81. The number of sulfone groups is 1. The number of carbonyl (C=O) groups excluding carboxylic acids is 1. The standard InChI is InChI=1S/C26H29F3N2O4S2/c1-36-22-6-8-23(9-7-22)37(33,34)16-19-13-20(30)5-10-24(19)31-12-11-18(15-25(31)32)17-3-2-4-21(14-17)35-26(27,28)29/h2-4,6-9,14-15,19-20,24H,5,10-13,16,30H2,1H3/t19-,20+,24+/m1/s1. The van der Waals surface area contributed by atoms with Crippen molar-refractivity contribution in [3.05, 3.63) is 60.2 Å². The third kappa shape index (κ3) is 6.88. The zero-order valence-corrected chi connectivity index (χ0v) is 21.9. The highest BCUT2D eigenvalue weighted by molar-refractivity contribution is 7.98. The van der Waals surface area contributed by atoms with Gasteiger partial charge in [0.2, 0.25) is 5.91 Å². The van der Waals surface area contributed by atoms with E-state index >= 15 is 0 Å². The van der Waals surface area contributed by atoms with Crippen LogP contribution in [0, 0.1) is 5.92 Å². The van der Waals surface area contributed by atoms with E-state index in [0.717, 1.165) is 4.90 Å². The smallest absolute Gasteiger partial charge is 0.406 e. The van der Waals surface area contributed by atoms with E-state index in [0.29, 0.717) is 43.4 Å². The molecule has 3 atom stereocenters. The van der Waals surface area contributed by atoms with Crippen molar-refractivity contribution in [2.75, 3.05) is 18.6 Å². The van der Waals surface area contributed by atoms with Gasteiger partial charge in [-0.2, -0.15) is 0 Å². The van der Waals surface area contributed by atoms with E-state index in [1.807, 2.05) is 6.26 Å². The molecule has 37 heavy (non-hydrogen) atoms. The van der Waals surface area contributed by atoms with Crippen LogP contribution in [0.25, 0.3) is 5.57 Å². The number of halogens is 3. The lowest BCUT2D eigenvalue weighted by Gasteiger charge is -2.43. The Kier molecular flexibility index (Phi) is 8.25. The summed E-state index contributed by atoms with van der Waals surface area (Å²) >= 11 is 1.53. The average Bonchev–Trinajstić information content (AvgIpc) is 2.83. The van der Waals surface area contributed by atoms with Gasteiger partial charge in [0.1, 0.15) is 5.75 Å². The molecule has 1 aliphatic heterocycles. The van der Waals surface area contributed by atoms with Gasteiger partial charge in [-0.05, 0) is 85.4 Å². The molecule has 2 N–H and O–H groups in total. The summed E-state index contributed by atoms with van der Waals surface area (Å²) < 4.78 is 68.3. The van der Waals surface area contributed by atoms with Crippen LogP contribution in [0.2, 0.25) is 0 Å². The first-order valence-electron chi connectivity index (χ1n) is 11.9. The van der Waals surface area contributed by atoms with Gasteiger partial charge >= 0.3 is 6.36 Å². The lowest BCUT2D eigenvalue weighted by molar-refractivity contribution is -0.274. The van der Waals surface area contributed by atoms with Crippen molar-refractivity contribution in [2.45, 2.75) is 53.9 Å². The summed E-state index contributed by atoms with van der Waals surface area (Å²) in [4.78, 5) is 16.1. The minimum absolute atomic E-state index is 0.110. The number of nitrogens with zero attached hydrogens (tertiary/aromatic N) is 1. The van der Waals surface area contributed by atoms with Crippen molar-refractivity contribution in [1.29, 1.82) is 0 Å². The van der Waals surface area contributed by atoms with Crippen molar-refractivity contribution in [2.24, 2.45) is 11.7 Å². The monoisotopic (exact) mass is 554 g/mol. The average molecular weight is 555 g/mol. The Morgan fingerprint density at radius 2 is 1.86 bits per heavy atom. The van der Waals surface area contributed by atoms with E-state index < -0.39 is 16.2 Å². The Labute approximate surface area is 219 Å². The highest BCUT2D eigenvalue weighted by Crippen LogP contribution is 2.35. The number of carbonyl (C=O) groups is 1. The van der Waals surface area contributed by atoms with E-state index in [1.165, 1.54) is 36.0 Å². The van der Waals surface area contributed by atoms with Crippen LogP contribution in [0.3, 0.4) is 0 Å². The van der Waals surface area contributed by atoms with Gasteiger partial charge in [-0.15, -0.1) is 24.9 Å². The third-order valence-electron chi connectivity index (χ3n) is 6.88. The van der Waals surface area contributed by atoms with Gasteiger partial charge in [0, 0.05) is 29.6 Å². The quantitative estimate of drug-likeness (QED) is 0.490. The molecule has 1 aliphatic carbocycles. The summed E-state index contributed by atoms with van der Waals surface area (Å²) in [6.07, 6.45) is 0.735. The molecule has 1 fully saturated rings. The molecule has 0 unspecified atom stereocenters. The molecular weight excluding hydrogens is 525 g/mol. The van der Waals surface area contributed by atoms with Gasteiger partial charge in [0.05, 0.1) is 10.6 Å². The first-order valence-corrected chi connectivity index (χ1v) is 14.8. The highest BCUT2D eigenvalue weighted by atomic mass is 32.2. The number of nitrogens with two attached hydrogens (primary N) is 1. The van der Waals surface area contributed by atoms with Crippen LogP contribution < -0.4 is 10.5 Å². The van der Waals surface area contributed by atoms with Crippen LogP contribution in [0.4, 0.5) is 13.2 Å². The number of hydrogen-bond donors (Lipinski definition) is 1. The highest BCUT2D eigenvalue weighted by Gasteiger charge is 2.39. The second kappa shape index (κ2) is 11.1. The fraction of sp³-hybridized carbons (Fsp3) is 0.423. The van der Waals surface area contributed by atoms with E-state index in [-0.39, 0.29) is 40.3 Å². The molecule has 6 nitrogen and oxygen atoms in total. The van der Waals surface area contributed by atoms with Gasteiger partial charge in [-0.1, -0.05) is 12.1 Å². The molecule has 2 aromatic carbocycles. The molecule has 2 aromatic rings. The molecular formula is C26H29F3N2O4S2. The molecule has 1 amide bonds. The molecule has 1 heterocycles. The largest absolute Gasteiger partial charge is 0.573 e. The SMILES string of the molecule is CSc1ccc(S(=O)(=O)C[C@H]2C[C@@H](N)CC[C@@H]2N2CCC(c3cccc(OC(F)(F)F)c3)=CC2=O)cc1. The maximum atomic E-state index is 13.2. The summed E-state index contributed by atoms with van der Waals surface area (Å²) in [6.45, 7) is 0.341. The predicted molar refractivity (Wildman–Crippen MR) is 137 cm³/mol. The maximum absolute atomic E-state index is 13.2. The van der Waals surface area contributed by atoms with Crippen molar-refractivity contribution in [1.82, 2.24) is 4.90 Å². The second-order valence-corrected chi connectivity index (χ2v) is 12.3. The molecule has 0 spiro atoms. The van der Waals surface area contributed by atoms with E-state index in [9.17, 15) is 26.4 Å². The van der Waals surface area contributed by atoms with Crippen molar-refractivity contribution in [3.63, 3.8) is 0 Å². The Bertz CT molecular complexity index is 1260. The minimum atomic E-state index is -4.81. The van der Waals surface area contributed by atoms with Crippen LogP contribution >= 0.6 is 11.8 Å². The molecule has 0 bridgehead atoms. The zero-order chi connectivity index (χ0) is 26.8. The first-order chi connectivity index (χ1) is 17.4. The van der Waals surface area contributed by atoms with Crippen molar-refractivity contribution >= 4 is 33.1 Å². The van der Waals surface area contributed by atoms with Crippen LogP contribution in [0.5, 0.6) is 5.75 Å². The first kappa shape index (κ1) is 27.5. The Hall–Kier alpha value is -2.50. The number of thioether (sulfide) groups is 1. The minimum Gasteiger partial charge on any atom is -0.406 e. The van der Waals surface area contributed by atoms with Gasteiger partial charge in [-0.3, -0.25) is 4.79 Å². The van der Waals surface area contributed by atoms with Crippen molar-refractivity contribution in [3.8, 4) is 5.75 Å². The summed E-state index contributed by atoms with van der Waals surface area (Å²) in [6, 6.07) is 11.9. The number of alkyl halides is 3. The molecule has 200 valence electrons. The number of ether oxygens (including phenoxy) is 1. The van der Waals surface area contributed by atoms with Gasteiger partial charge in [0.15, 0.2) is 9.84 Å². The Morgan fingerprint density at radius 3 is 2.51 bits per heavy atom. The van der Waals surface area contributed by atoms with Gasteiger partial charge < -0.3 is 15.4 Å². The fourth-order valence-corrected chi connectivity index (χ4v) is 7.21. The molecule has 11 heteroatoms. The number of hydrogen-bond acceptors (Lipinski definition) is 6. The number of benzene rings is 2. The molecule has 2 aliphatic rings. The summed E-state index contributed by atoms with van der Waals surface area (Å²) in [5.41, 5.74) is 7.29. The van der Waals surface area contributed by atoms with E-state index in [2.05, 4.69) is 4.74 Å². The summed E-state index contributed by atoms with van der Waals surface area (Å²) in [5.74, 6) is -1.06. The number of amides is 1. The zero-order valence-electron chi connectivity index (χ0n) is 20.3. The van der Waals surface area contributed by atoms with E-state index in [1.54, 1.807) is 35.2 Å².